The van der Waals surface area contributed by atoms with Crippen LogP contribution in [0.15, 0.2) is 54.6 Å². The maximum Gasteiger partial charge on any atom is -0.0155 e. The summed E-state index contributed by atoms with van der Waals surface area (Å²) >= 11 is 0. The van der Waals surface area contributed by atoms with Crippen molar-refractivity contribution in [1.29, 1.82) is 0 Å². The van der Waals surface area contributed by atoms with Crippen LogP contribution in [0.2, 0.25) is 0 Å². The van der Waals surface area contributed by atoms with Gasteiger partial charge in [0, 0.05) is 0 Å². The van der Waals surface area contributed by atoms with Crippen LogP contribution in [0.5, 0.6) is 0 Å². The quantitative estimate of drug-likeness (QED) is 0.653. The Kier molecular flexibility index (Phi) is 2.68. The molecular weight excluding hydrogens is 180 g/mol. The van der Waals surface area contributed by atoms with E-state index in [1.54, 1.807) is 0 Å². The normalized spacial score (nSPS) is 12.3. The van der Waals surface area contributed by atoms with E-state index in [-0.39, 0.29) is 0 Å². The zero-order chi connectivity index (χ0) is 10.7. The van der Waals surface area contributed by atoms with Gasteiger partial charge in [-0.15, -0.1) is 0 Å². The second kappa shape index (κ2) is 4.14. The fraction of sp³-hybridized carbons (Fsp3) is 0.0667. The maximum atomic E-state index is 4.05. The lowest BCUT2D eigenvalue weighted by Gasteiger charge is -2.01. The monoisotopic (exact) mass is 194 g/mol. The van der Waals surface area contributed by atoms with Gasteiger partial charge in [-0.05, 0) is 28.5 Å². The first-order valence-electron chi connectivity index (χ1n) is 5.09. The molecule has 0 spiro atoms. The van der Waals surface area contributed by atoms with Crippen molar-refractivity contribution in [3.05, 3.63) is 70.6 Å². The Bertz CT molecular complexity index is 550. The number of benzene rings is 2. The number of hydrogen-bond acceptors (Lipinski definition) is 0. The van der Waals surface area contributed by atoms with E-state index in [0.29, 0.717) is 0 Å². The molecule has 0 nitrogen and oxygen atoms in total. The van der Waals surface area contributed by atoms with Gasteiger partial charge < -0.3 is 0 Å². The van der Waals surface area contributed by atoms with E-state index in [2.05, 4.69) is 49.9 Å². The summed E-state index contributed by atoms with van der Waals surface area (Å²) in [5, 5.41) is 2.31. The highest BCUT2D eigenvalue weighted by atomic mass is 14.0. The summed E-state index contributed by atoms with van der Waals surface area (Å²) in [5.74, 6) is 0. The van der Waals surface area contributed by atoms with Gasteiger partial charge in [-0.1, -0.05) is 61.2 Å². The summed E-state index contributed by atoms with van der Waals surface area (Å²) in [5.41, 5.74) is 2.54. The Morgan fingerprint density at radius 2 is 1.47 bits per heavy atom. The van der Waals surface area contributed by atoms with Crippen LogP contribution in [0, 0.1) is 0 Å². The van der Waals surface area contributed by atoms with Gasteiger partial charge in [0.05, 0.1) is 0 Å². The SMILES string of the molecule is C=c1cccc/c1=C(/C)c1ccccc1. The van der Waals surface area contributed by atoms with Crippen molar-refractivity contribution in [1.82, 2.24) is 0 Å². The molecular formula is C15H14. The van der Waals surface area contributed by atoms with Gasteiger partial charge in [-0.2, -0.15) is 0 Å². The average molecular weight is 194 g/mol. The van der Waals surface area contributed by atoms with E-state index in [0.717, 1.165) is 5.22 Å². The van der Waals surface area contributed by atoms with Gasteiger partial charge in [0.25, 0.3) is 0 Å². The predicted molar refractivity (Wildman–Crippen MR) is 65.8 cm³/mol. The Labute approximate surface area is 90.2 Å². The van der Waals surface area contributed by atoms with Crippen molar-refractivity contribution in [3.63, 3.8) is 0 Å². The lowest BCUT2D eigenvalue weighted by molar-refractivity contribution is 1.45. The minimum atomic E-state index is 1.08. The lowest BCUT2D eigenvalue weighted by atomic mass is 10.0. The summed E-state index contributed by atoms with van der Waals surface area (Å²) < 4.78 is 0. The molecule has 0 heterocycles. The van der Waals surface area contributed by atoms with Crippen LogP contribution in [0.1, 0.15) is 12.5 Å². The molecule has 0 amide bonds. The molecule has 0 aromatic heterocycles. The van der Waals surface area contributed by atoms with Gasteiger partial charge in [-0.25, -0.2) is 0 Å². The Morgan fingerprint density at radius 1 is 0.867 bits per heavy atom. The van der Waals surface area contributed by atoms with E-state index in [4.69, 9.17) is 0 Å². The topological polar surface area (TPSA) is 0 Å². The van der Waals surface area contributed by atoms with Crippen molar-refractivity contribution in [2.24, 2.45) is 0 Å². The van der Waals surface area contributed by atoms with E-state index in [9.17, 15) is 0 Å². The van der Waals surface area contributed by atoms with Crippen LogP contribution >= 0.6 is 0 Å². The molecule has 2 aromatic rings. The van der Waals surface area contributed by atoms with Gasteiger partial charge in [-0.3, -0.25) is 0 Å². The first-order chi connectivity index (χ1) is 7.29. The molecule has 0 aliphatic rings. The van der Waals surface area contributed by atoms with Gasteiger partial charge in [0.15, 0.2) is 0 Å². The van der Waals surface area contributed by atoms with Crippen molar-refractivity contribution < 1.29 is 0 Å². The number of hydrogen-bond donors (Lipinski definition) is 0. The summed E-state index contributed by atoms with van der Waals surface area (Å²) in [6.45, 7) is 6.18. The molecule has 0 aliphatic heterocycles. The van der Waals surface area contributed by atoms with Gasteiger partial charge in [0.2, 0.25) is 0 Å². The molecule has 0 bridgehead atoms. The third-order valence-electron chi connectivity index (χ3n) is 2.63. The maximum absolute atomic E-state index is 4.05. The van der Waals surface area contributed by atoms with E-state index in [1.165, 1.54) is 16.4 Å². The van der Waals surface area contributed by atoms with Crippen LogP contribution in [0.3, 0.4) is 0 Å². The highest BCUT2D eigenvalue weighted by Crippen LogP contribution is 2.08. The van der Waals surface area contributed by atoms with Crippen molar-refractivity contribution >= 4 is 12.2 Å². The van der Waals surface area contributed by atoms with Crippen molar-refractivity contribution in [2.45, 2.75) is 6.92 Å². The second-order valence-corrected chi connectivity index (χ2v) is 3.65. The second-order valence-electron chi connectivity index (χ2n) is 3.65. The summed E-state index contributed by atoms with van der Waals surface area (Å²) in [6.07, 6.45) is 0. The van der Waals surface area contributed by atoms with Crippen LogP contribution in [-0.4, -0.2) is 0 Å². The van der Waals surface area contributed by atoms with E-state index < -0.39 is 0 Å². The molecule has 0 fully saturated rings. The standard InChI is InChI=1S/C15H14/c1-12-8-6-7-11-15(12)13(2)14-9-4-3-5-10-14/h3-11H,1H2,2H3/b15-13+. The Morgan fingerprint density at radius 3 is 2.13 bits per heavy atom. The highest BCUT2D eigenvalue weighted by Gasteiger charge is 1.94. The molecule has 0 radical (unpaired) electrons. The smallest absolute Gasteiger partial charge is 0.0155 e. The summed E-state index contributed by atoms with van der Waals surface area (Å²) in [4.78, 5) is 0. The molecule has 0 aliphatic carbocycles. The predicted octanol–water partition coefficient (Wildman–Crippen LogP) is 2.32. The van der Waals surface area contributed by atoms with Crippen molar-refractivity contribution in [3.8, 4) is 0 Å². The van der Waals surface area contributed by atoms with Crippen LogP contribution in [0.4, 0.5) is 0 Å². The fourth-order valence-electron chi connectivity index (χ4n) is 1.73. The molecule has 2 rings (SSSR count). The zero-order valence-electron chi connectivity index (χ0n) is 8.90. The molecule has 15 heavy (non-hydrogen) atoms. The first kappa shape index (κ1) is 9.72. The largest absolute Gasteiger partial charge is 0.0911 e. The Balaban J connectivity index is 2.71. The van der Waals surface area contributed by atoms with Gasteiger partial charge in [0.1, 0.15) is 0 Å². The molecule has 0 heteroatoms. The zero-order valence-corrected chi connectivity index (χ0v) is 8.90. The molecule has 0 atom stereocenters. The fourth-order valence-corrected chi connectivity index (χ4v) is 1.73. The van der Waals surface area contributed by atoms with E-state index >= 15 is 0 Å². The third-order valence-corrected chi connectivity index (χ3v) is 2.63. The molecule has 0 saturated heterocycles. The highest BCUT2D eigenvalue weighted by molar-refractivity contribution is 5.63. The lowest BCUT2D eigenvalue weighted by Crippen LogP contribution is -2.24. The molecule has 74 valence electrons. The molecule has 0 N–H and O–H groups in total. The summed E-state index contributed by atoms with van der Waals surface area (Å²) in [6, 6.07) is 18.6. The van der Waals surface area contributed by atoms with Gasteiger partial charge >= 0.3 is 0 Å². The molecule has 0 unspecified atom stereocenters. The molecule has 2 aromatic carbocycles. The Hall–Kier alpha value is -1.82. The minimum Gasteiger partial charge on any atom is -0.0911 e. The van der Waals surface area contributed by atoms with E-state index in [1.807, 2.05) is 18.2 Å². The van der Waals surface area contributed by atoms with Crippen LogP contribution in [-0.2, 0) is 0 Å². The number of rotatable bonds is 1. The van der Waals surface area contributed by atoms with Crippen LogP contribution < -0.4 is 10.4 Å². The third kappa shape index (κ3) is 1.99. The molecule has 0 saturated carbocycles. The minimum absolute atomic E-state index is 1.08. The summed E-state index contributed by atoms with van der Waals surface area (Å²) in [7, 11) is 0. The average Bonchev–Trinajstić information content (AvgIpc) is 2.30. The first-order valence-corrected chi connectivity index (χ1v) is 5.09. The van der Waals surface area contributed by atoms with Crippen LogP contribution in [0.25, 0.3) is 12.2 Å². The van der Waals surface area contributed by atoms with Crippen molar-refractivity contribution in [2.75, 3.05) is 0 Å².